The number of hydrogen-bond acceptors (Lipinski definition) is 4. The number of anilines is 1. The number of pyridine rings is 1. The quantitative estimate of drug-likeness (QED) is 0.815. The Labute approximate surface area is 96.3 Å². The molecule has 2 N–H and O–H groups in total. The van der Waals surface area contributed by atoms with Gasteiger partial charge in [0.25, 0.3) is 0 Å². The molecule has 1 aromatic rings. The topological polar surface area (TPSA) is 71.1 Å². The third kappa shape index (κ3) is 3.46. The predicted molar refractivity (Wildman–Crippen MR) is 63.9 cm³/mol. The molecule has 1 heterocycles. The van der Waals surface area contributed by atoms with Gasteiger partial charge in [-0.2, -0.15) is 0 Å². The Balaban J connectivity index is 2.87. The first-order valence-corrected chi connectivity index (χ1v) is 6.66. The van der Waals surface area contributed by atoms with Crippen molar-refractivity contribution in [3.8, 4) is 0 Å². The molecule has 1 rings (SSSR count). The van der Waals surface area contributed by atoms with Crippen LogP contribution < -0.4 is 10.0 Å². The van der Waals surface area contributed by atoms with E-state index in [0.29, 0.717) is 12.4 Å². The smallest absolute Gasteiger partial charge is 0.242 e. The van der Waals surface area contributed by atoms with Gasteiger partial charge in [-0.25, -0.2) is 18.1 Å². The maximum atomic E-state index is 11.6. The first kappa shape index (κ1) is 12.9. The molecule has 0 spiro atoms. The normalized spacial score (nSPS) is 11.8. The van der Waals surface area contributed by atoms with Gasteiger partial charge in [-0.3, -0.25) is 0 Å². The van der Waals surface area contributed by atoms with Gasteiger partial charge in [0.15, 0.2) is 0 Å². The first-order valence-electron chi connectivity index (χ1n) is 5.18. The third-order valence-electron chi connectivity index (χ3n) is 1.82. The predicted octanol–water partition coefficient (Wildman–Crippen LogP) is 1.20. The van der Waals surface area contributed by atoms with Crippen molar-refractivity contribution >= 4 is 15.8 Å². The monoisotopic (exact) mass is 243 g/mol. The van der Waals surface area contributed by atoms with Crippen LogP contribution in [0.4, 0.5) is 5.82 Å². The van der Waals surface area contributed by atoms with Crippen molar-refractivity contribution in [1.82, 2.24) is 9.71 Å². The highest BCUT2D eigenvalue weighted by Gasteiger charge is 2.12. The largest absolute Gasteiger partial charge is 0.368 e. The van der Waals surface area contributed by atoms with E-state index in [1.165, 1.54) is 12.3 Å². The van der Waals surface area contributed by atoms with Crippen LogP contribution in [0.2, 0.25) is 0 Å². The maximum absolute atomic E-state index is 11.6. The van der Waals surface area contributed by atoms with E-state index >= 15 is 0 Å². The van der Waals surface area contributed by atoms with Crippen LogP contribution >= 0.6 is 0 Å². The molecule has 6 heteroatoms. The van der Waals surface area contributed by atoms with Crippen molar-refractivity contribution in [2.45, 2.75) is 31.7 Å². The number of aromatic nitrogens is 1. The first-order chi connectivity index (χ1) is 7.45. The third-order valence-corrected chi connectivity index (χ3v) is 3.35. The molecule has 0 aliphatic rings. The van der Waals surface area contributed by atoms with Crippen molar-refractivity contribution in [3.63, 3.8) is 0 Å². The van der Waals surface area contributed by atoms with Crippen LogP contribution in [0.5, 0.6) is 0 Å². The Hall–Kier alpha value is -1.14. The molecule has 0 bridgehead atoms. The van der Waals surface area contributed by atoms with Crippen LogP contribution in [-0.4, -0.2) is 26.0 Å². The van der Waals surface area contributed by atoms with Gasteiger partial charge < -0.3 is 5.32 Å². The van der Waals surface area contributed by atoms with Gasteiger partial charge in [-0.1, -0.05) is 6.92 Å². The zero-order chi connectivity index (χ0) is 12.2. The molecule has 1 aromatic heterocycles. The highest BCUT2D eigenvalue weighted by atomic mass is 32.2. The summed E-state index contributed by atoms with van der Waals surface area (Å²) >= 11 is 0. The van der Waals surface area contributed by atoms with Crippen LogP contribution in [0, 0.1) is 0 Å². The summed E-state index contributed by atoms with van der Waals surface area (Å²) in [6, 6.07) is 3.46. The molecular weight excluding hydrogens is 226 g/mol. The molecule has 0 atom stereocenters. The number of nitrogens with zero attached hydrogens (tertiary/aromatic N) is 1. The lowest BCUT2D eigenvalue weighted by molar-refractivity contribution is 0.583. The highest BCUT2D eigenvalue weighted by Crippen LogP contribution is 2.10. The maximum Gasteiger partial charge on any atom is 0.242 e. The molecule has 0 aliphatic heterocycles. The Bertz CT molecular complexity index is 426. The van der Waals surface area contributed by atoms with Crippen LogP contribution in [-0.2, 0) is 10.0 Å². The summed E-state index contributed by atoms with van der Waals surface area (Å²) in [4.78, 5) is 4.22. The van der Waals surface area contributed by atoms with Crippen LogP contribution in [0.15, 0.2) is 23.2 Å². The molecule has 0 amide bonds. The van der Waals surface area contributed by atoms with E-state index in [4.69, 9.17) is 0 Å². The fourth-order valence-corrected chi connectivity index (χ4v) is 2.18. The van der Waals surface area contributed by atoms with Crippen molar-refractivity contribution in [3.05, 3.63) is 18.3 Å². The SMILES string of the molecule is CCNS(=O)(=O)c1ccc(NC(C)C)nc1. The van der Waals surface area contributed by atoms with E-state index in [-0.39, 0.29) is 10.9 Å². The summed E-state index contributed by atoms with van der Waals surface area (Å²) in [6.07, 6.45) is 1.35. The molecule has 5 nitrogen and oxygen atoms in total. The second kappa shape index (κ2) is 5.27. The Morgan fingerprint density at radius 1 is 1.38 bits per heavy atom. The van der Waals surface area contributed by atoms with Crippen molar-refractivity contribution in [2.75, 3.05) is 11.9 Å². The van der Waals surface area contributed by atoms with Gasteiger partial charge in [0.05, 0.1) is 0 Å². The van der Waals surface area contributed by atoms with Gasteiger partial charge >= 0.3 is 0 Å². The van der Waals surface area contributed by atoms with E-state index < -0.39 is 10.0 Å². The lowest BCUT2D eigenvalue weighted by Gasteiger charge is -2.09. The lowest BCUT2D eigenvalue weighted by Crippen LogP contribution is -2.23. The molecule has 0 aromatic carbocycles. The second-order valence-electron chi connectivity index (χ2n) is 3.68. The highest BCUT2D eigenvalue weighted by molar-refractivity contribution is 7.89. The minimum atomic E-state index is -3.40. The molecule has 0 saturated heterocycles. The second-order valence-corrected chi connectivity index (χ2v) is 5.45. The summed E-state index contributed by atoms with van der Waals surface area (Å²) in [7, 11) is -3.40. The van der Waals surface area contributed by atoms with Crippen molar-refractivity contribution in [2.24, 2.45) is 0 Å². The Morgan fingerprint density at radius 2 is 2.06 bits per heavy atom. The number of hydrogen-bond donors (Lipinski definition) is 2. The molecule has 90 valence electrons. The van der Waals surface area contributed by atoms with Gasteiger partial charge in [-0.05, 0) is 26.0 Å². The van der Waals surface area contributed by atoms with Gasteiger partial charge in [0.2, 0.25) is 10.0 Å². The number of nitrogens with one attached hydrogen (secondary N) is 2. The van der Waals surface area contributed by atoms with E-state index in [1.807, 2.05) is 13.8 Å². The Kier molecular flexibility index (Phi) is 4.26. The van der Waals surface area contributed by atoms with E-state index in [0.717, 1.165) is 0 Å². The van der Waals surface area contributed by atoms with E-state index in [9.17, 15) is 8.42 Å². The Morgan fingerprint density at radius 3 is 2.50 bits per heavy atom. The zero-order valence-corrected chi connectivity index (χ0v) is 10.5. The fraction of sp³-hybridized carbons (Fsp3) is 0.500. The average molecular weight is 243 g/mol. The van der Waals surface area contributed by atoms with Gasteiger partial charge in [0, 0.05) is 18.8 Å². The van der Waals surface area contributed by atoms with Crippen molar-refractivity contribution in [1.29, 1.82) is 0 Å². The standard InChI is InChI=1S/C10H17N3O2S/c1-4-12-16(14,15)9-5-6-10(11-7-9)13-8(2)3/h5-8,12H,4H2,1-3H3,(H,11,13). The van der Waals surface area contributed by atoms with Crippen LogP contribution in [0.25, 0.3) is 0 Å². The minimum absolute atomic E-state index is 0.184. The van der Waals surface area contributed by atoms with Crippen molar-refractivity contribution < 1.29 is 8.42 Å². The van der Waals surface area contributed by atoms with E-state index in [2.05, 4.69) is 15.0 Å². The lowest BCUT2D eigenvalue weighted by atomic mass is 10.4. The summed E-state index contributed by atoms with van der Waals surface area (Å²) < 4.78 is 25.6. The van der Waals surface area contributed by atoms with E-state index in [1.54, 1.807) is 13.0 Å². The molecule has 0 radical (unpaired) electrons. The minimum Gasteiger partial charge on any atom is -0.368 e. The molecule has 16 heavy (non-hydrogen) atoms. The number of sulfonamides is 1. The van der Waals surface area contributed by atoms with Crippen LogP contribution in [0.1, 0.15) is 20.8 Å². The summed E-state index contributed by atoms with van der Waals surface area (Å²) in [5.41, 5.74) is 0. The fourth-order valence-electron chi connectivity index (χ4n) is 1.19. The molecule has 0 saturated carbocycles. The molecule has 0 unspecified atom stereocenters. The molecule has 0 fully saturated rings. The zero-order valence-electron chi connectivity index (χ0n) is 9.69. The van der Waals surface area contributed by atoms with Gasteiger partial charge in [0.1, 0.15) is 10.7 Å². The summed E-state index contributed by atoms with van der Waals surface area (Å²) in [5.74, 6) is 0.672. The number of rotatable bonds is 5. The summed E-state index contributed by atoms with van der Waals surface area (Å²) in [6.45, 7) is 6.09. The average Bonchev–Trinajstić information content (AvgIpc) is 2.17. The van der Waals surface area contributed by atoms with Crippen LogP contribution in [0.3, 0.4) is 0 Å². The van der Waals surface area contributed by atoms with Gasteiger partial charge in [-0.15, -0.1) is 0 Å². The summed E-state index contributed by atoms with van der Waals surface area (Å²) in [5, 5.41) is 3.09. The molecular formula is C10H17N3O2S. The molecule has 0 aliphatic carbocycles.